The number of aryl methyl sites for hydroxylation is 1. The summed E-state index contributed by atoms with van der Waals surface area (Å²) < 4.78 is 10.5. The Hall–Kier alpha value is -2.98. The number of para-hydroxylation sites is 1. The number of nitrogens with zero attached hydrogens (tertiary/aromatic N) is 1. The molecule has 0 aliphatic heterocycles. The van der Waals surface area contributed by atoms with E-state index in [0.717, 1.165) is 10.5 Å². The summed E-state index contributed by atoms with van der Waals surface area (Å²) >= 11 is 1.32. The fraction of sp³-hybridized carbons (Fsp3) is 0.250. The summed E-state index contributed by atoms with van der Waals surface area (Å²) in [5.74, 6) is 0.0212. The van der Waals surface area contributed by atoms with Gasteiger partial charge < -0.3 is 14.8 Å². The van der Waals surface area contributed by atoms with E-state index in [9.17, 15) is 9.59 Å². The van der Waals surface area contributed by atoms with Crippen LogP contribution < -0.4 is 10.1 Å². The molecule has 1 N–H and O–H groups in total. The van der Waals surface area contributed by atoms with E-state index < -0.39 is 11.9 Å². The molecule has 0 bridgehead atoms. The highest BCUT2D eigenvalue weighted by molar-refractivity contribution is 7.99. The Balaban J connectivity index is 1.72. The second-order valence-corrected chi connectivity index (χ2v) is 6.58. The highest BCUT2D eigenvalue weighted by Gasteiger charge is 2.10. The molecule has 27 heavy (non-hydrogen) atoms. The van der Waals surface area contributed by atoms with E-state index in [1.807, 2.05) is 49.4 Å². The molecule has 0 saturated carbocycles. The fourth-order valence-electron chi connectivity index (χ4n) is 2.17. The minimum Gasteiger partial charge on any atom is -0.493 e. The second kappa shape index (κ2) is 10.9. The maximum atomic E-state index is 12.0. The third-order valence-corrected chi connectivity index (χ3v) is 4.32. The first-order chi connectivity index (χ1) is 13.1. The van der Waals surface area contributed by atoms with Gasteiger partial charge in [0.05, 0.1) is 30.5 Å². The lowest BCUT2D eigenvalue weighted by molar-refractivity contribution is -0.147. The summed E-state index contributed by atoms with van der Waals surface area (Å²) in [5.41, 5.74) is 1.65. The maximum Gasteiger partial charge on any atom is 0.309 e. The van der Waals surface area contributed by atoms with Gasteiger partial charge in [0, 0.05) is 4.90 Å². The lowest BCUT2D eigenvalue weighted by atomic mass is 10.2. The van der Waals surface area contributed by atoms with Crippen LogP contribution in [0.25, 0.3) is 0 Å². The molecule has 0 atom stereocenters. The Morgan fingerprint density at radius 2 is 2.00 bits per heavy atom. The number of carbonyl (C=O) groups excluding carboxylic acids is 2. The molecule has 0 saturated heterocycles. The van der Waals surface area contributed by atoms with E-state index in [-0.39, 0.29) is 25.4 Å². The number of amides is 1. The molecule has 0 aromatic heterocycles. The Labute approximate surface area is 162 Å². The molecule has 0 heterocycles. The van der Waals surface area contributed by atoms with Crippen molar-refractivity contribution in [1.82, 2.24) is 0 Å². The molecule has 7 heteroatoms. The second-order valence-electron chi connectivity index (χ2n) is 5.57. The van der Waals surface area contributed by atoms with Crippen LogP contribution in [-0.4, -0.2) is 30.8 Å². The molecule has 0 spiro atoms. The number of carbonyl (C=O) groups is 2. The summed E-state index contributed by atoms with van der Waals surface area (Å²) in [4.78, 5) is 24.5. The van der Waals surface area contributed by atoms with Gasteiger partial charge in [-0.15, -0.1) is 11.8 Å². The summed E-state index contributed by atoms with van der Waals surface area (Å²) in [7, 11) is 0. The zero-order chi connectivity index (χ0) is 19.5. The maximum absolute atomic E-state index is 12.0. The minimum absolute atomic E-state index is 0.0514. The quantitative estimate of drug-likeness (QED) is 0.525. The molecular weight excluding hydrogens is 364 g/mol. The number of nitriles is 1. The molecule has 2 aromatic rings. The average Bonchev–Trinajstić information content (AvgIpc) is 2.66. The van der Waals surface area contributed by atoms with Crippen LogP contribution in [0.5, 0.6) is 5.75 Å². The van der Waals surface area contributed by atoms with Crippen LogP contribution in [0.3, 0.4) is 0 Å². The largest absolute Gasteiger partial charge is 0.493 e. The molecule has 2 rings (SSSR count). The van der Waals surface area contributed by atoms with Crippen molar-refractivity contribution < 1.29 is 19.1 Å². The van der Waals surface area contributed by atoms with E-state index in [4.69, 9.17) is 14.7 Å². The Morgan fingerprint density at radius 1 is 1.19 bits per heavy atom. The zero-order valence-electron chi connectivity index (χ0n) is 14.9. The molecule has 0 aliphatic carbocycles. The smallest absolute Gasteiger partial charge is 0.309 e. The summed E-state index contributed by atoms with van der Waals surface area (Å²) in [5, 5.41) is 11.4. The van der Waals surface area contributed by atoms with Crippen LogP contribution in [0.4, 0.5) is 5.69 Å². The van der Waals surface area contributed by atoms with Crippen molar-refractivity contribution in [2.45, 2.75) is 18.2 Å². The number of ether oxygens (including phenoxy) is 2. The Kier molecular flexibility index (Phi) is 8.20. The predicted molar refractivity (Wildman–Crippen MR) is 104 cm³/mol. The SMILES string of the molecule is Cc1cccc(OCCC(=O)OCC(=O)Nc2ccccc2SCC#N)c1. The molecule has 1 amide bonds. The topological polar surface area (TPSA) is 88.4 Å². The molecular formula is C20H20N2O4S. The molecule has 0 unspecified atom stereocenters. The van der Waals surface area contributed by atoms with Crippen molar-refractivity contribution in [1.29, 1.82) is 5.26 Å². The van der Waals surface area contributed by atoms with E-state index in [2.05, 4.69) is 5.32 Å². The molecule has 6 nitrogen and oxygen atoms in total. The number of hydrogen-bond acceptors (Lipinski definition) is 6. The summed E-state index contributed by atoms with van der Waals surface area (Å²) in [6.07, 6.45) is 0.0514. The van der Waals surface area contributed by atoms with Crippen molar-refractivity contribution >= 4 is 29.3 Å². The van der Waals surface area contributed by atoms with Crippen LogP contribution in [-0.2, 0) is 14.3 Å². The molecule has 2 aromatic carbocycles. The molecule has 140 valence electrons. The highest BCUT2D eigenvalue weighted by atomic mass is 32.2. The van der Waals surface area contributed by atoms with Crippen molar-refractivity contribution in [3.05, 3.63) is 54.1 Å². The van der Waals surface area contributed by atoms with Gasteiger partial charge in [-0.25, -0.2) is 0 Å². The summed E-state index contributed by atoms with van der Waals surface area (Å²) in [6, 6.07) is 16.7. The van der Waals surface area contributed by atoms with Crippen LogP contribution in [0, 0.1) is 18.3 Å². The van der Waals surface area contributed by atoms with Gasteiger partial charge in [0.1, 0.15) is 5.75 Å². The van der Waals surface area contributed by atoms with Crippen molar-refractivity contribution in [3.63, 3.8) is 0 Å². The Morgan fingerprint density at radius 3 is 2.78 bits per heavy atom. The number of hydrogen-bond donors (Lipinski definition) is 1. The van der Waals surface area contributed by atoms with Gasteiger partial charge in [0.25, 0.3) is 5.91 Å². The van der Waals surface area contributed by atoms with E-state index in [1.54, 1.807) is 12.1 Å². The molecule has 0 fully saturated rings. The molecule has 0 aliphatic rings. The van der Waals surface area contributed by atoms with Crippen LogP contribution in [0.1, 0.15) is 12.0 Å². The normalized spacial score (nSPS) is 9.93. The number of rotatable bonds is 9. The summed E-state index contributed by atoms with van der Waals surface area (Å²) in [6.45, 7) is 1.76. The van der Waals surface area contributed by atoms with Crippen LogP contribution >= 0.6 is 11.8 Å². The number of benzene rings is 2. The lowest BCUT2D eigenvalue weighted by Gasteiger charge is -2.10. The van der Waals surface area contributed by atoms with Gasteiger partial charge >= 0.3 is 5.97 Å². The average molecular weight is 384 g/mol. The first-order valence-corrected chi connectivity index (χ1v) is 9.31. The first kappa shape index (κ1) is 20.3. The van der Waals surface area contributed by atoms with Gasteiger partial charge in [0.2, 0.25) is 0 Å². The fourth-order valence-corrected chi connectivity index (χ4v) is 2.84. The van der Waals surface area contributed by atoms with Gasteiger partial charge in [0.15, 0.2) is 6.61 Å². The van der Waals surface area contributed by atoms with Crippen molar-refractivity contribution in [2.24, 2.45) is 0 Å². The van der Waals surface area contributed by atoms with E-state index in [1.165, 1.54) is 11.8 Å². The van der Waals surface area contributed by atoms with Gasteiger partial charge in [-0.2, -0.15) is 5.26 Å². The predicted octanol–water partition coefficient (Wildman–Crippen LogP) is 3.56. The van der Waals surface area contributed by atoms with Gasteiger partial charge in [-0.05, 0) is 36.8 Å². The van der Waals surface area contributed by atoms with E-state index in [0.29, 0.717) is 11.4 Å². The van der Waals surface area contributed by atoms with Crippen LogP contribution in [0.15, 0.2) is 53.4 Å². The van der Waals surface area contributed by atoms with Crippen molar-refractivity contribution in [2.75, 3.05) is 24.3 Å². The number of thioether (sulfide) groups is 1. The van der Waals surface area contributed by atoms with Gasteiger partial charge in [-0.3, -0.25) is 9.59 Å². The lowest BCUT2D eigenvalue weighted by Crippen LogP contribution is -2.22. The number of esters is 1. The monoisotopic (exact) mass is 384 g/mol. The Bertz CT molecular complexity index is 833. The van der Waals surface area contributed by atoms with E-state index >= 15 is 0 Å². The minimum atomic E-state index is -0.509. The first-order valence-electron chi connectivity index (χ1n) is 8.32. The molecule has 0 radical (unpaired) electrons. The standard InChI is InChI=1S/C20H20N2O4S/c1-15-5-4-6-16(13-15)25-11-9-20(24)26-14-19(23)22-17-7-2-3-8-18(17)27-12-10-21/h2-8,13H,9,11-12,14H2,1H3,(H,22,23). The number of nitrogens with one attached hydrogen (secondary N) is 1. The van der Waals surface area contributed by atoms with Gasteiger partial charge in [-0.1, -0.05) is 24.3 Å². The highest BCUT2D eigenvalue weighted by Crippen LogP contribution is 2.26. The van der Waals surface area contributed by atoms with Crippen LogP contribution in [0.2, 0.25) is 0 Å². The number of anilines is 1. The third kappa shape index (κ3) is 7.42. The van der Waals surface area contributed by atoms with Crippen molar-refractivity contribution in [3.8, 4) is 11.8 Å². The zero-order valence-corrected chi connectivity index (χ0v) is 15.8. The third-order valence-electron chi connectivity index (χ3n) is 3.38.